The Hall–Kier alpha value is -2.31. The topological polar surface area (TPSA) is 39.1 Å². The van der Waals surface area contributed by atoms with Crippen molar-refractivity contribution in [3.63, 3.8) is 0 Å². The maximum atomic E-state index is 14.2. The predicted octanol–water partition coefficient (Wildman–Crippen LogP) is 3.69. The largest absolute Gasteiger partial charge is 0.294 e. The van der Waals surface area contributed by atoms with Crippen LogP contribution in [0.15, 0.2) is 40.5 Å². The number of aromatic nitrogens is 1. The molecule has 6 heteroatoms. The first-order valence-electron chi connectivity index (χ1n) is 8.92. The van der Waals surface area contributed by atoms with Crippen molar-refractivity contribution in [2.24, 2.45) is 5.41 Å². The standard InChI is InChI=1S/C22H22FNO2S2/c1-14-9-10-27-17(14)11-18-21(26)24(13-15-7-5-6-8-16(15)23)20(28-18)12-19(25)22(2,3)4/h5-12H,13H2,1-4H3/b18-11+,20-12-. The molecule has 0 bridgehead atoms. The second-order valence-electron chi connectivity index (χ2n) is 7.66. The normalized spacial score (nSPS) is 13.3. The maximum absolute atomic E-state index is 14.2. The van der Waals surface area contributed by atoms with Gasteiger partial charge in [0.15, 0.2) is 5.78 Å². The molecule has 0 saturated heterocycles. The van der Waals surface area contributed by atoms with E-state index in [0.29, 0.717) is 14.8 Å². The number of thiazole rings is 1. The SMILES string of the molecule is Cc1ccsc1/C=c1/s/c(=C\C(=O)C(C)(C)C)n(Cc2ccccc2F)c1=O. The zero-order valence-electron chi connectivity index (χ0n) is 16.3. The first-order chi connectivity index (χ1) is 13.2. The van der Waals surface area contributed by atoms with E-state index in [4.69, 9.17) is 0 Å². The Labute approximate surface area is 171 Å². The lowest BCUT2D eigenvalue weighted by atomic mass is 9.91. The van der Waals surface area contributed by atoms with Crippen LogP contribution in [0.25, 0.3) is 12.2 Å². The lowest BCUT2D eigenvalue weighted by molar-refractivity contribution is -0.120. The number of halogens is 1. The molecule has 0 amide bonds. The minimum atomic E-state index is -0.558. The number of aryl methyl sites for hydroxylation is 1. The third-order valence-electron chi connectivity index (χ3n) is 4.38. The first-order valence-corrected chi connectivity index (χ1v) is 10.6. The molecule has 0 radical (unpaired) electrons. The molecule has 0 spiro atoms. The molecule has 146 valence electrons. The van der Waals surface area contributed by atoms with E-state index in [9.17, 15) is 14.0 Å². The van der Waals surface area contributed by atoms with Gasteiger partial charge < -0.3 is 0 Å². The molecule has 0 atom stereocenters. The molecule has 0 aliphatic heterocycles. The highest BCUT2D eigenvalue weighted by atomic mass is 32.1. The molecule has 0 aliphatic carbocycles. The fourth-order valence-corrected chi connectivity index (χ4v) is 4.53. The molecule has 0 fully saturated rings. The van der Waals surface area contributed by atoms with Crippen molar-refractivity contribution in [3.05, 3.63) is 77.1 Å². The number of thiophene rings is 1. The Morgan fingerprint density at radius 2 is 1.93 bits per heavy atom. The average molecular weight is 416 g/mol. The number of benzene rings is 1. The second-order valence-corrected chi connectivity index (χ2v) is 9.67. The molecule has 1 aromatic carbocycles. The highest BCUT2D eigenvalue weighted by Crippen LogP contribution is 2.16. The lowest BCUT2D eigenvalue weighted by Gasteiger charge is -2.13. The maximum Gasteiger partial charge on any atom is 0.269 e. The molecule has 0 aliphatic rings. The third-order valence-corrected chi connectivity index (χ3v) is 6.41. The van der Waals surface area contributed by atoms with Gasteiger partial charge in [-0.1, -0.05) is 39.0 Å². The van der Waals surface area contributed by atoms with Crippen molar-refractivity contribution in [2.75, 3.05) is 0 Å². The number of carbonyl (C=O) groups excluding carboxylic acids is 1. The van der Waals surface area contributed by atoms with Crippen LogP contribution in [0.3, 0.4) is 0 Å². The van der Waals surface area contributed by atoms with E-state index in [-0.39, 0.29) is 23.7 Å². The number of nitrogens with zero attached hydrogens (tertiary/aromatic N) is 1. The number of Topliss-reactive ketones (excluding diaryl/α,β-unsaturated/α-hetero) is 1. The van der Waals surface area contributed by atoms with Crippen LogP contribution in [0, 0.1) is 18.2 Å². The number of hydrogen-bond donors (Lipinski definition) is 0. The smallest absolute Gasteiger partial charge is 0.269 e. The number of rotatable bonds is 4. The number of ketones is 1. The summed E-state index contributed by atoms with van der Waals surface area (Å²) < 4.78 is 16.7. The van der Waals surface area contributed by atoms with E-state index in [2.05, 4.69) is 0 Å². The van der Waals surface area contributed by atoms with Crippen LogP contribution in [-0.2, 0) is 11.3 Å². The van der Waals surface area contributed by atoms with Gasteiger partial charge in [-0.15, -0.1) is 22.7 Å². The molecular formula is C22H22FNO2S2. The summed E-state index contributed by atoms with van der Waals surface area (Å²) in [5.41, 5.74) is 0.736. The van der Waals surface area contributed by atoms with Crippen LogP contribution >= 0.6 is 22.7 Å². The predicted molar refractivity (Wildman–Crippen MR) is 115 cm³/mol. The third kappa shape index (κ3) is 4.39. The van der Waals surface area contributed by atoms with Gasteiger partial charge in [0.25, 0.3) is 5.56 Å². The van der Waals surface area contributed by atoms with Gasteiger partial charge in [0.2, 0.25) is 0 Å². The highest BCUT2D eigenvalue weighted by Gasteiger charge is 2.19. The average Bonchev–Trinajstić information content (AvgIpc) is 3.14. The molecule has 0 N–H and O–H groups in total. The Balaban J connectivity index is 2.21. The summed E-state index contributed by atoms with van der Waals surface area (Å²) in [6, 6.07) is 8.38. The fourth-order valence-electron chi connectivity index (χ4n) is 2.57. The molecule has 2 heterocycles. The van der Waals surface area contributed by atoms with E-state index in [1.807, 2.05) is 45.2 Å². The van der Waals surface area contributed by atoms with E-state index in [1.165, 1.54) is 28.0 Å². The van der Waals surface area contributed by atoms with E-state index >= 15 is 0 Å². The molecule has 0 unspecified atom stereocenters. The van der Waals surface area contributed by atoms with Gasteiger partial charge in [-0.2, -0.15) is 0 Å². The first kappa shape index (κ1) is 20.4. The number of hydrogen-bond acceptors (Lipinski definition) is 4. The number of carbonyl (C=O) groups is 1. The van der Waals surface area contributed by atoms with Gasteiger partial charge in [0.05, 0.1) is 11.1 Å². The van der Waals surface area contributed by atoms with Crippen LogP contribution < -0.4 is 14.8 Å². The minimum absolute atomic E-state index is 0.0742. The van der Waals surface area contributed by atoms with Gasteiger partial charge in [-0.05, 0) is 36.1 Å². The zero-order valence-corrected chi connectivity index (χ0v) is 17.9. The van der Waals surface area contributed by atoms with Crippen LogP contribution in [0.5, 0.6) is 0 Å². The van der Waals surface area contributed by atoms with E-state index in [1.54, 1.807) is 29.5 Å². The van der Waals surface area contributed by atoms with Gasteiger partial charge in [-0.3, -0.25) is 14.2 Å². The van der Waals surface area contributed by atoms with Crippen molar-refractivity contribution in [1.29, 1.82) is 0 Å². The molecule has 0 saturated carbocycles. The van der Waals surface area contributed by atoms with Gasteiger partial charge in [0, 0.05) is 21.9 Å². The Kier molecular flexibility index (Phi) is 5.82. The Morgan fingerprint density at radius 1 is 1.21 bits per heavy atom. The monoisotopic (exact) mass is 415 g/mol. The second kappa shape index (κ2) is 7.97. The quantitative estimate of drug-likeness (QED) is 0.652. The summed E-state index contributed by atoms with van der Waals surface area (Å²) in [7, 11) is 0. The van der Waals surface area contributed by atoms with Crippen LogP contribution in [0.1, 0.15) is 36.8 Å². The van der Waals surface area contributed by atoms with Crippen molar-refractivity contribution in [1.82, 2.24) is 4.57 Å². The van der Waals surface area contributed by atoms with Crippen molar-refractivity contribution >= 4 is 40.6 Å². The molecule has 3 nitrogen and oxygen atoms in total. The van der Waals surface area contributed by atoms with Crippen LogP contribution in [-0.4, -0.2) is 10.4 Å². The Morgan fingerprint density at radius 3 is 2.54 bits per heavy atom. The molecule has 3 aromatic rings. The molecule has 2 aromatic heterocycles. The zero-order chi connectivity index (χ0) is 20.5. The minimum Gasteiger partial charge on any atom is -0.294 e. The Bertz CT molecular complexity index is 1190. The summed E-state index contributed by atoms with van der Waals surface area (Å²) >= 11 is 2.82. The van der Waals surface area contributed by atoms with Gasteiger partial charge >= 0.3 is 0 Å². The van der Waals surface area contributed by atoms with Crippen molar-refractivity contribution in [2.45, 2.75) is 34.2 Å². The molecule has 3 rings (SSSR count). The fraction of sp³-hybridized carbons (Fsp3) is 0.273. The van der Waals surface area contributed by atoms with Gasteiger partial charge in [0.1, 0.15) is 10.5 Å². The van der Waals surface area contributed by atoms with Crippen molar-refractivity contribution in [3.8, 4) is 0 Å². The van der Waals surface area contributed by atoms with Crippen molar-refractivity contribution < 1.29 is 9.18 Å². The van der Waals surface area contributed by atoms with E-state index < -0.39 is 5.41 Å². The summed E-state index contributed by atoms with van der Waals surface area (Å²) in [6.07, 6.45) is 3.36. The molecular weight excluding hydrogens is 393 g/mol. The summed E-state index contributed by atoms with van der Waals surface area (Å²) in [6.45, 7) is 7.58. The van der Waals surface area contributed by atoms with Gasteiger partial charge in [-0.25, -0.2) is 4.39 Å². The van der Waals surface area contributed by atoms with Crippen LogP contribution in [0.4, 0.5) is 4.39 Å². The van der Waals surface area contributed by atoms with E-state index in [0.717, 1.165) is 10.4 Å². The summed E-state index contributed by atoms with van der Waals surface area (Å²) in [4.78, 5) is 26.6. The lowest BCUT2D eigenvalue weighted by Crippen LogP contribution is -2.33. The highest BCUT2D eigenvalue weighted by molar-refractivity contribution is 7.11. The summed E-state index contributed by atoms with van der Waals surface area (Å²) in [5, 5.41) is 1.98. The summed E-state index contributed by atoms with van der Waals surface area (Å²) in [5.74, 6) is -0.441. The molecule has 28 heavy (non-hydrogen) atoms. The van der Waals surface area contributed by atoms with Crippen LogP contribution in [0.2, 0.25) is 0 Å².